The maximum absolute atomic E-state index is 14.5. The number of rotatable bonds is 7. The molecule has 3 N–H and O–H groups in total. The summed E-state index contributed by atoms with van der Waals surface area (Å²) in [7, 11) is 1.64. The summed E-state index contributed by atoms with van der Waals surface area (Å²) in [5, 5.41) is 21.7. The molecular formula is C30H34FN5O3. The van der Waals surface area contributed by atoms with Gasteiger partial charge in [0.1, 0.15) is 17.3 Å². The Morgan fingerprint density at radius 2 is 1.97 bits per heavy atom. The second kappa shape index (κ2) is 10.6. The van der Waals surface area contributed by atoms with Crippen molar-refractivity contribution in [2.75, 3.05) is 20.2 Å². The van der Waals surface area contributed by atoms with Crippen molar-refractivity contribution in [3.8, 4) is 28.3 Å². The van der Waals surface area contributed by atoms with Gasteiger partial charge in [-0.2, -0.15) is 5.10 Å². The Morgan fingerprint density at radius 1 is 1.21 bits per heavy atom. The summed E-state index contributed by atoms with van der Waals surface area (Å²) in [6, 6.07) is 12.9. The number of likely N-dealkylation sites (tertiary alicyclic amines) is 1. The standard InChI is InChI=1S/C30H34FN5O3/c1-18-11-20(13-21(31)12-18)25-17-32-35-28(27-14-19-5-6-23(39-4)15-26(19)34-27)24(25)16-30(2,3)36-9-7-22(8-10-36)33-29(37)38/h5-6,11-15,17,22,33-34H,7-10,16H2,1-4H3,(H,37,38). The second-order valence-electron chi connectivity index (χ2n) is 10.9. The van der Waals surface area contributed by atoms with E-state index in [9.17, 15) is 9.18 Å². The van der Waals surface area contributed by atoms with Gasteiger partial charge in [0, 0.05) is 47.2 Å². The quantitative estimate of drug-likeness (QED) is 0.278. The lowest BCUT2D eigenvalue weighted by atomic mass is 9.86. The number of halogens is 1. The van der Waals surface area contributed by atoms with Crippen LogP contribution in [-0.2, 0) is 6.42 Å². The molecule has 8 nitrogen and oxygen atoms in total. The van der Waals surface area contributed by atoms with E-state index in [0.717, 1.165) is 76.2 Å². The first kappa shape index (κ1) is 26.6. The number of fused-ring (bicyclic) bond motifs is 1. The van der Waals surface area contributed by atoms with Crippen LogP contribution in [-0.4, -0.2) is 63.1 Å². The van der Waals surface area contributed by atoms with E-state index in [1.165, 1.54) is 6.07 Å². The fourth-order valence-electron chi connectivity index (χ4n) is 5.66. The minimum atomic E-state index is -0.980. The van der Waals surface area contributed by atoms with Crippen LogP contribution in [0.4, 0.5) is 9.18 Å². The molecule has 2 aromatic carbocycles. The third-order valence-corrected chi connectivity index (χ3v) is 7.68. The number of piperidine rings is 1. The largest absolute Gasteiger partial charge is 0.497 e. The lowest BCUT2D eigenvalue weighted by Gasteiger charge is -2.43. The van der Waals surface area contributed by atoms with Crippen molar-refractivity contribution in [3.63, 3.8) is 0 Å². The molecule has 4 aromatic rings. The predicted octanol–water partition coefficient (Wildman–Crippen LogP) is 5.80. The highest BCUT2D eigenvalue weighted by Gasteiger charge is 2.33. The number of amides is 1. The minimum Gasteiger partial charge on any atom is -0.497 e. The highest BCUT2D eigenvalue weighted by molar-refractivity contribution is 5.88. The van der Waals surface area contributed by atoms with E-state index in [1.54, 1.807) is 19.4 Å². The summed E-state index contributed by atoms with van der Waals surface area (Å²) < 4.78 is 19.9. The Morgan fingerprint density at radius 3 is 2.67 bits per heavy atom. The van der Waals surface area contributed by atoms with Crippen molar-refractivity contribution >= 4 is 17.0 Å². The van der Waals surface area contributed by atoms with Crippen LogP contribution in [0.3, 0.4) is 0 Å². The molecule has 0 spiro atoms. The van der Waals surface area contributed by atoms with Crippen molar-refractivity contribution in [3.05, 3.63) is 65.6 Å². The van der Waals surface area contributed by atoms with Gasteiger partial charge in [0.05, 0.1) is 19.0 Å². The highest BCUT2D eigenvalue weighted by atomic mass is 19.1. The first-order valence-corrected chi connectivity index (χ1v) is 13.2. The molecule has 1 fully saturated rings. The van der Waals surface area contributed by atoms with Crippen LogP contribution in [0.1, 0.15) is 37.8 Å². The van der Waals surface area contributed by atoms with Crippen molar-refractivity contribution < 1.29 is 19.0 Å². The number of aryl methyl sites for hydroxylation is 1. The lowest BCUT2D eigenvalue weighted by molar-refractivity contribution is 0.0823. The van der Waals surface area contributed by atoms with E-state index < -0.39 is 6.09 Å². The average molecular weight is 532 g/mol. The van der Waals surface area contributed by atoms with Crippen molar-refractivity contribution in [1.29, 1.82) is 0 Å². The number of nitrogens with zero attached hydrogens (tertiary/aromatic N) is 3. The molecule has 0 aliphatic carbocycles. The van der Waals surface area contributed by atoms with Crippen LogP contribution < -0.4 is 10.1 Å². The Bertz CT molecular complexity index is 1490. The maximum Gasteiger partial charge on any atom is 0.404 e. The highest BCUT2D eigenvalue weighted by Crippen LogP contribution is 2.36. The van der Waals surface area contributed by atoms with E-state index in [2.05, 4.69) is 45.3 Å². The Hall–Kier alpha value is -3.98. The van der Waals surface area contributed by atoms with E-state index in [4.69, 9.17) is 9.84 Å². The normalized spacial score (nSPS) is 15.0. The Kier molecular flexibility index (Phi) is 7.27. The zero-order valence-electron chi connectivity index (χ0n) is 22.7. The summed E-state index contributed by atoms with van der Waals surface area (Å²) in [4.78, 5) is 17.0. The predicted molar refractivity (Wildman–Crippen MR) is 150 cm³/mol. The molecule has 1 amide bonds. The van der Waals surface area contributed by atoms with E-state index in [-0.39, 0.29) is 17.4 Å². The van der Waals surface area contributed by atoms with Crippen LogP contribution in [0.2, 0.25) is 0 Å². The first-order valence-electron chi connectivity index (χ1n) is 13.2. The van der Waals surface area contributed by atoms with Gasteiger partial charge in [0.25, 0.3) is 0 Å². The molecule has 0 atom stereocenters. The Labute approximate surface area is 227 Å². The number of aromatic nitrogens is 3. The van der Waals surface area contributed by atoms with Gasteiger partial charge in [-0.3, -0.25) is 4.90 Å². The molecular weight excluding hydrogens is 497 g/mol. The fourth-order valence-corrected chi connectivity index (χ4v) is 5.66. The molecule has 2 aromatic heterocycles. The van der Waals surface area contributed by atoms with Crippen molar-refractivity contribution in [2.45, 2.75) is 51.6 Å². The molecule has 1 saturated heterocycles. The number of methoxy groups -OCH3 is 1. The summed E-state index contributed by atoms with van der Waals surface area (Å²) in [5.41, 5.74) is 5.61. The number of H-pyrrole nitrogens is 1. The molecule has 1 aliphatic rings. The van der Waals surface area contributed by atoms with Gasteiger partial charge in [-0.05, 0) is 87.1 Å². The third kappa shape index (κ3) is 5.73. The molecule has 204 valence electrons. The fraction of sp³-hybridized carbons (Fsp3) is 0.367. The number of carbonyl (C=O) groups is 1. The number of ether oxygens (including phenoxy) is 1. The monoisotopic (exact) mass is 531 g/mol. The van der Waals surface area contributed by atoms with Gasteiger partial charge in [-0.15, -0.1) is 5.10 Å². The molecule has 0 unspecified atom stereocenters. The summed E-state index contributed by atoms with van der Waals surface area (Å²) in [6.45, 7) is 7.81. The van der Waals surface area contributed by atoms with Gasteiger partial charge in [-0.1, -0.05) is 6.07 Å². The molecule has 39 heavy (non-hydrogen) atoms. The smallest absolute Gasteiger partial charge is 0.404 e. The number of hydrogen-bond acceptors (Lipinski definition) is 5. The van der Waals surface area contributed by atoms with Crippen molar-refractivity contribution in [1.82, 2.24) is 25.4 Å². The van der Waals surface area contributed by atoms with Gasteiger partial charge < -0.3 is 20.1 Å². The van der Waals surface area contributed by atoms with Gasteiger partial charge in [-0.25, -0.2) is 9.18 Å². The zero-order valence-corrected chi connectivity index (χ0v) is 22.7. The lowest BCUT2D eigenvalue weighted by Crippen LogP contribution is -2.53. The van der Waals surface area contributed by atoms with Crippen LogP contribution in [0.15, 0.2) is 48.7 Å². The number of carboxylic acid groups (broad SMARTS) is 1. The number of aromatic amines is 1. The number of nitrogens with one attached hydrogen (secondary N) is 2. The van der Waals surface area contributed by atoms with Crippen LogP contribution >= 0.6 is 0 Å². The van der Waals surface area contributed by atoms with Gasteiger partial charge >= 0.3 is 6.09 Å². The molecule has 3 heterocycles. The first-order chi connectivity index (χ1) is 18.6. The van der Waals surface area contributed by atoms with E-state index in [0.29, 0.717) is 6.42 Å². The second-order valence-corrected chi connectivity index (χ2v) is 10.9. The summed E-state index contributed by atoms with van der Waals surface area (Å²) in [6.07, 6.45) is 2.87. The minimum absolute atomic E-state index is 0.0399. The van der Waals surface area contributed by atoms with Crippen LogP contribution in [0, 0.1) is 12.7 Å². The van der Waals surface area contributed by atoms with Crippen molar-refractivity contribution in [2.24, 2.45) is 0 Å². The molecule has 0 saturated carbocycles. The molecule has 0 bridgehead atoms. The van der Waals surface area contributed by atoms with Crippen LogP contribution in [0.5, 0.6) is 5.75 Å². The summed E-state index contributed by atoms with van der Waals surface area (Å²) >= 11 is 0. The average Bonchev–Trinajstić information content (AvgIpc) is 3.31. The SMILES string of the molecule is COc1ccc2cc(-c3nncc(-c4cc(C)cc(F)c4)c3CC(C)(C)N3CCC(NC(=O)O)CC3)[nH]c2c1. The molecule has 5 rings (SSSR count). The van der Waals surface area contributed by atoms with Crippen LogP contribution in [0.25, 0.3) is 33.4 Å². The molecule has 1 aliphatic heterocycles. The van der Waals surface area contributed by atoms with E-state index >= 15 is 0 Å². The topological polar surface area (TPSA) is 103 Å². The zero-order chi connectivity index (χ0) is 27.7. The Balaban J connectivity index is 1.56. The number of hydrogen-bond donors (Lipinski definition) is 3. The third-order valence-electron chi connectivity index (χ3n) is 7.68. The van der Waals surface area contributed by atoms with Gasteiger partial charge in [0.2, 0.25) is 0 Å². The molecule has 0 radical (unpaired) electrons. The maximum atomic E-state index is 14.5. The van der Waals surface area contributed by atoms with E-state index in [1.807, 2.05) is 31.2 Å². The number of benzene rings is 2. The summed E-state index contributed by atoms with van der Waals surface area (Å²) in [5.74, 6) is 0.465. The van der Waals surface area contributed by atoms with Gasteiger partial charge in [0.15, 0.2) is 0 Å². The molecule has 9 heteroatoms.